The molecule has 0 saturated carbocycles. The second-order valence-corrected chi connectivity index (χ2v) is 21.8. The highest BCUT2D eigenvalue weighted by molar-refractivity contribution is 7.26. The predicted molar refractivity (Wildman–Crippen MR) is 308 cm³/mol. The zero-order valence-electron chi connectivity index (χ0n) is 40.9. The molecule has 1 nitrogen and oxygen atoms in total. The largest absolute Gasteiger partial charge is 0.310 e. The van der Waals surface area contributed by atoms with E-state index in [1.165, 1.54) is 120 Å². The first-order valence-corrected chi connectivity index (χ1v) is 26.1. The summed E-state index contributed by atoms with van der Waals surface area (Å²) in [4.78, 5) is 2.45. The van der Waals surface area contributed by atoms with Crippen LogP contribution in [0, 0.1) is 0 Å². The minimum absolute atomic E-state index is 0.137. The minimum atomic E-state index is -0.182. The van der Waals surface area contributed by atoms with Crippen LogP contribution in [0.25, 0.3) is 97.7 Å². The van der Waals surface area contributed by atoms with Crippen molar-refractivity contribution in [3.05, 3.63) is 259 Å². The molecule has 0 fully saturated rings. The van der Waals surface area contributed by atoms with Gasteiger partial charge in [0.05, 0.1) is 0 Å². The molecule has 1 heterocycles. The van der Waals surface area contributed by atoms with Crippen LogP contribution in [0.2, 0.25) is 0 Å². The third-order valence-corrected chi connectivity index (χ3v) is 17.3. The van der Waals surface area contributed by atoms with Gasteiger partial charge in [-0.2, -0.15) is 0 Å². The lowest BCUT2D eigenvalue weighted by Gasteiger charge is -2.29. The average Bonchev–Trinajstić information content (AvgIpc) is 4.01. The number of benzene rings is 11. The van der Waals surface area contributed by atoms with E-state index in [2.05, 4.69) is 269 Å². The highest BCUT2D eigenvalue weighted by Gasteiger charge is 2.40. The Balaban J connectivity index is 0.948. The lowest BCUT2D eigenvalue weighted by molar-refractivity contribution is 0.660. The first-order chi connectivity index (χ1) is 35.2. The normalized spacial score (nSPS) is 13.8. The van der Waals surface area contributed by atoms with Crippen molar-refractivity contribution >= 4 is 59.3 Å². The molecule has 72 heavy (non-hydrogen) atoms. The van der Waals surface area contributed by atoms with Gasteiger partial charge in [0.15, 0.2) is 0 Å². The van der Waals surface area contributed by atoms with E-state index in [1.807, 2.05) is 11.3 Å². The lowest BCUT2D eigenvalue weighted by Crippen LogP contribution is -2.16. The SMILES string of the molecule is CC1(C)c2ccccc2-c2ccc(N(c3ccc(-c4c(-c5ccc(-c6ccccc6)cc5)c5c(c6ccccc46)C(C)(C)c4ccccc4-5)cc3)c3ccc(-c4cccc5c4sc4ccccc45)cc3)cc21. The predicted octanol–water partition coefficient (Wildman–Crippen LogP) is 20.0. The fourth-order valence-electron chi connectivity index (χ4n) is 12.6. The van der Waals surface area contributed by atoms with Crippen molar-refractivity contribution in [2.45, 2.75) is 38.5 Å². The van der Waals surface area contributed by atoms with Gasteiger partial charge in [0.25, 0.3) is 0 Å². The molecule has 0 aliphatic heterocycles. The highest BCUT2D eigenvalue weighted by atomic mass is 32.1. The number of thiophene rings is 1. The molecule has 0 spiro atoms. The number of hydrogen-bond acceptors (Lipinski definition) is 2. The summed E-state index contributed by atoms with van der Waals surface area (Å²) in [5.74, 6) is 0. The van der Waals surface area contributed by atoms with Crippen molar-refractivity contribution in [2.24, 2.45) is 0 Å². The maximum Gasteiger partial charge on any atom is 0.0465 e. The Bertz CT molecular complexity index is 4120. The van der Waals surface area contributed by atoms with Crippen LogP contribution < -0.4 is 4.90 Å². The van der Waals surface area contributed by atoms with Gasteiger partial charge >= 0.3 is 0 Å². The first-order valence-electron chi connectivity index (χ1n) is 25.2. The van der Waals surface area contributed by atoms with Crippen LogP contribution in [0.5, 0.6) is 0 Å². The Morgan fingerprint density at radius 1 is 0.306 bits per heavy atom. The average molecular weight is 938 g/mol. The molecule has 1 aromatic heterocycles. The Hall–Kier alpha value is -8.30. The topological polar surface area (TPSA) is 3.24 Å². The fourth-order valence-corrected chi connectivity index (χ4v) is 13.8. The van der Waals surface area contributed by atoms with Crippen molar-refractivity contribution in [2.75, 3.05) is 4.90 Å². The molecule has 2 aliphatic rings. The van der Waals surface area contributed by atoms with Crippen molar-refractivity contribution in [1.29, 1.82) is 0 Å². The minimum Gasteiger partial charge on any atom is -0.310 e. The van der Waals surface area contributed by atoms with Crippen molar-refractivity contribution in [3.8, 4) is 66.8 Å². The fraction of sp³-hybridized carbons (Fsp3) is 0.0857. The van der Waals surface area contributed by atoms with E-state index in [9.17, 15) is 0 Å². The first kappa shape index (κ1) is 42.6. The quantitative estimate of drug-likeness (QED) is 0.154. The second-order valence-electron chi connectivity index (χ2n) is 20.8. The molecule has 0 amide bonds. The van der Waals surface area contributed by atoms with Gasteiger partial charge in [0.2, 0.25) is 0 Å². The zero-order valence-corrected chi connectivity index (χ0v) is 41.7. The van der Waals surface area contributed by atoms with Crippen LogP contribution in [-0.2, 0) is 10.8 Å². The highest BCUT2D eigenvalue weighted by Crippen LogP contribution is 2.58. The molecule has 0 unspecified atom stereocenters. The molecular formula is C70H51NS. The summed E-state index contributed by atoms with van der Waals surface area (Å²) in [5, 5.41) is 5.22. The van der Waals surface area contributed by atoms with Gasteiger partial charge in [-0.15, -0.1) is 11.3 Å². The number of fused-ring (bicyclic) bond motifs is 11. The van der Waals surface area contributed by atoms with E-state index in [1.54, 1.807) is 0 Å². The van der Waals surface area contributed by atoms with Crippen LogP contribution in [-0.4, -0.2) is 0 Å². The third-order valence-electron chi connectivity index (χ3n) is 16.1. The van der Waals surface area contributed by atoms with Crippen LogP contribution in [0.4, 0.5) is 17.1 Å². The van der Waals surface area contributed by atoms with E-state index >= 15 is 0 Å². The summed E-state index contributed by atoms with van der Waals surface area (Å²) in [6, 6.07) is 88.5. The maximum absolute atomic E-state index is 2.45. The third kappa shape index (κ3) is 6.38. The van der Waals surface area contributed by atoms with E-state index in [-0.39, 0.29) is 10.8 Å². The van der Waals surface area contributed by atoms with E-state index in [0.717, 1.165) is 17.1 Å². The molecular weight excluding hydrogens is 887 g/mol. The van der Waals surface area contributed by atoms with Crippen molar-refractivity contribution in [1.82, 2.24) is 0 Å². The number of rotatable bonds is 7. The summed E-state index contributed by atoms with van der Waals surface area (Å²) in [6.45, 7) is 9.56. The Kier molecular flexibility index (Phi) is 9.53. The van der Waals surface area contributed by atoms with Crippen molar-refractivity contribution in [3.63, 3.8) is 0 Å². The van der Waals surface area contributed by atoms with Gasteiger partial charge in [-0.25, -0.2) is 0 Å². The lowest BCUT2D eigenvalue weighted by atomic mass is 9.77. The van der Waals surface area contributed by atoms with Gasteiger partial charge in [-0.1, -0.05) is 222 Å². The molecule has 14 rings (SSSR count). The monoisotopic (exact) mass is 937 g/mol. The summed E-state index contributed by atoms with van der Waals surface area (Å²) >= 11 is 1.88. The number of nitrogens with zero attached hydrogens (tertiary/aromatic N) is 1. The summed E-state index contributed by atoms with van der Waals surface area (Å²) in [7, 11) is 0. The molecule has 0 N–H and O–H groups in total. The molecule has 12 aromatic rings. The molecule has 342 valence electrons. The summed E-state index contributed by atoms with van der Waals surface area (Å²) < 4.78 is 2.65. The van der Waals surface area contributed by atoms with Crippen LogP contribution in [0.3, 0.4) is 0 Å². The van der Waals surface area contributed by atoms with Gasteiger partial charge in [-0.05, 0) is 142 Å². The van der Waals surface area contributed by atoms with Gasteiger partial charge in [0, 0.05) is 48.1 Å². The van der Waals surface area contributed by atoms with Crippen LogP contribution in [0.1, 0.15) is 49.9 Å². The molecule has 0 radical (unpaired) electrons. The van der Waals surface area contributed by atoms with Gasteiger partial charge < -0.3 is 4.90 Å². The number of anilines is 3. The van der Waals surface area contributed by atoms with E-state index in [0.29, 0.717) is 0 Å². The Morgan fingerprint density at radius 2 is 0.806 bits per heavy atom. The molecule has 2 aliphatic carbocycles. The molecule has 11 aromatic carbocycles. The molecule has 0 saturated heterocycles. The van der Waals surface area contributed by atoms with Gasteiger partial charge in [-0.3, -0.25) is 0 Å². The van der Waals surface area contributed by atoms with E-state index < -0.39 is 0 Å². The molecule has 2 heteroatoms. The standard InChI is InChI=1S/C70H51NS/c1-69(2)60-26-13-10-19-53(60)54-42-41-51(43-62(54)69)71(49-37-33-46(34-38-49)52-24-16-25-58-55-20-12-15-28-63(55)72-68(52)58)50-39-35-47(36-40-50)64-56-21-8-9-22-57(56)67-66(59-23-11-14-27-61(59)70(67,3)4)65(64)48-31-29-45(30-32-48)44-17-6-5-7-18-44/h5-43H,1-4H3. The summed E-state index contributed by atoms with van der Waals surface area (Å²) in [6.07, 6.45) is 0. The van der Waals surface area contributed by atoms with Crippen LogP contribution in [0.15, 0.2) is 237 Å². The maximum atomic E-state index is 2.45. The summed E-state index contributed by atoms with van der Waals surface area (Å²) in [5.41, 5.74) is 23.8. The Morgan fingerprint density at radius 3 is 1.54 bits per heavy atom. The second kappa shape index (κ2) is 16.1. The smallest absolute Gasteiger partial charge is 0.0465 e. The van der Waals surface area contributed by atoms with Gasteiger partial charge in [0.1, 0.15) is 0 Å². The molecule has 0 atom stereocenters. The Labute approximate surface area is 426 Å². The zero-order chi connectivity index (χ0) is 48.3. The van der Waals surface area contributed by atoms with E-state index in [4.69, 9.17) is 0 Å². The van der Waals surface area contributed by atoms with Crippen LogP contribution >= 0.6 is 11.3 Å². The van der Waals surface area contributed by atoms with Crippen molar-refractivity contribution < 1.29 is 0 Å². The number of hydrogen-bond donors (Lipinski definition) is 0. The molecule has 0 bridgehead atoms.